The lowest BCUT2D eigenvalue weighted by Gasteiger charge is -2.22. The molecule has 1 aromatic carbocycles. The fourth-order valence-corrected chi connectivity index (χ4v) is 3.92. The van der Waals surface area contributed by atoms with Crippen molar-refractivity contribution in [1.82, 2.24) is 10.6 Å². The average Bonchev–Trinajstić information content (AvgIpc) is 3.21. The lowest BCUT2D eigenvalue weighted by atomic mass is 9.95. The second-order valence-corrected chi connectivity index (χ2v) is 7.53. The summed E-state index contributed by atoms with van der Waals surface area (Å²) in [6, 6.07) is 8.90. The molecule has 1 aromatic rings. The third kappa shape index (κ3) is 5.48. The molecule has 0 atom stereocenters. The maximum atomic E-state index is 11.9. The second kappa shape index (κ2) is 9.60. The first-order chi connectivity index (χ1) is 12.7. The monoisotopic (exact) mass is 357 g/mol. The van der Waals surface area contributed by atoms with Gasteiger partial charge in [0.1, 0.15) is 0 Å². The van der Waals surface area contributed by atoms with Gasteiger partial charge in [-0.2, -0.15) is 0 Å². The minimum atomic E-state index is -0.500. The number of hydrogen-bond acceptors (Lipinski definition) is 3. The van der Waals surface area contributed by atoms with Gasteiger partial charge in [0.15, 0.2) is 0 Å². The van der Waals surface area contributed by atoms with E-state index in [1.165, 1.54) is 30.5 Å². The zero-order valence-electron chi connectivity index (χ0n) is 15.6. The predicted molar refractivity (Wildman–Crippen MR) is 104 cm³/mol. The van der Waals surface area contributed by atoms with Crippen LogP contribution in [-0.4, -0.2) is 37.5 Å². The van der Waals surface area contributed by atoms with Crippen molar-refractivity contribution in [2.75, 3.05) is 24.5 Å². The highest BCUT2D eigenvalue weighted by Crippen LogP contribution is 2.20. The molecule has 5 nitrogen and oxygen atoms in total. The zero-order valence-corrected chi connectivity index (χ0v) is 15.6. The largest absolute Gasteiger partial charge is 0.372 e. The first-order valence-electron chi connectivity index (χ1n) is 10.1. The third-order valence-corrected chi connectivity index (χ3v) is 5.48. The first-order valence-corrected chi connectivity index (χ1v) is 10.1. The molecular weight excluding hydrogens is 326 g/mol. The maximum Gasteiger partial charge on any atom is 0.309 e. The summed E-state index contributed by atoms with van der Waals surface area (Å²) in [6.07, 6.45) is 9.82. The molecule has 1 aliphatic heterocycles. The Morgan fingerprint density at radius 3 is 2.31 bits per heavy atom. The topological polar surface area (TPSA) is 61.4 Å². The predicted octanol–water partition coefficient (Wildman–Crippen LogP) is 2.78. The van der Waals surface area contributed by atoms with Gasteiger partial charge in [-0.1, -0.05) is 31.4 Å². The molecule has 2 N–H and O–H groups in total. The Hall–Kier alpha value is -2.04. The highest BCUT2D eigenvalue weighted by Gasteiger charge is 2.19. The number of amides is 2. The molecule has 1 aliphatic carbocycles. The standard InChI is InChI=1S/C21H31N3O2/c25-20(21(26)23-18-8-2-1-3-9-18)22-14-6-7-17-10-12-19(13-11-17)24-15-4-5-16-24/h10-13,18H,1-9,14-16H2,(H,22,25)(H,23,26). The molecule has 2 fully saturated rings. The Kier molecular flexibility index (Phi) is 6.92. The minimum Gasteiger partial charge on any atom is -0.372 e. The van der Waals surface area contributed by atoms with Gasteiger partial charge in [0.2, 0.25) is 0 Å². The van der Waals surface area contributed by atoms with Gasteiger partial charge in [0, 0.05) is 31.4 Å². The lowest BCUT2D eigenvalue weighted by Crippen LogP contribution is -2.45. The van der Waals surface area contributed by atoms with Gasteiger partial charge in [-0.3, -0.25) is 9.59 Å². The number of anilines is 1. The average molecular weight is 357 g/mol. The van der Waals surface area contributed by atoms with Crippen molar-refractivity contribution in [1.29, 1.82) is 0 Å². The van der Waals surface area contributed by atoms with E-state index < -0.39 is 11.8 Å². The number of aryl methyl sites for hydroxylation is 1. The molecule has 142 valence electrons. The van der Waals surface area contributed by atoms with Crippen molar-refractivity contribution in [2.45, 2.75) is 63.8 Å². The molecule has 0 unspecified atom stereocenters. The van der Waals surface area contributed by atoms with E-state index in [4.69, 9.17) is 0 Å². The Morgan fingerprint density at radius 2 is 1.62 bits per heavy atom. The molecule has 26 heavy (non-hydrogen) atoms. The summed E-state index contributed by atoms with van der Waals surface area (Å²) in [5.41, 5.74) is 2.58. The van der Waals surface area contributed by atoms with Crippen LogP contribution in [0.4, 0.5) is 5.69 Å². The molecule has 2 aliphatic rings. The van der Waals surface area contributed by atoms with Crippen molar-refractivity contribution < 1.29 is 9.59 Å². The molecule has 5 heteroatoms. The smallest absolute Gasteiger partial charge is 0.309 e. The van der Waals surface area contributed by atoms with Gasteiger partial charge in [-0.05, 0) is 56.2 Å². The van der Waals surface area contributed by atoms with Gasteiger partial charge < -0.3 is 15.5 Å². The Balaban J connectivity index is 1.32. The number of nitrogens with one attached hydrogen (secondary N) is 2. The summed E-state index contributed by atoms with van der Waals surface area (Å²) in [6.45, 7) is 2.85. The van der Waals surface area contributed by atoms with E-state index in [-0.39, 0.29) is 6.04 Å². The van der Waals surface area contributed by atoms with E-state index in [0.29, 0.717) is 6.54 Å². The zero-order chi connectivity index (χ0) is 18.2. The van der Waals surface area contributed by atoms with Gasteiger partial charge in [-0.15, -0.1) is 0 Å². The van der Waals surface area contributed by atoms with E-state index in [0.717, 1.165) is 51.6 Å². The van der Waals surface area contributed by atoms with Crippen LogP contribution in [0.2, 0.25) is 0 Å². The molecule has 1 saturated carbocycles. The van der Waals surface area contributed by atoms with Crippen LogP contribution in [0.5, 0.6) is 0 Å². The van der Waals surface area contributed by atoms with Crippen LogP contribution < -0.4 is 15.5 Å². The normalized spacial score (nSPS) is 17.9. The van der Waals surface area contributed by atoms with Crippen molar-refractivity contribution >= 4 is 17.5 Å². The van der Waals surface area contributed by atoms with Crippen LogP contribution in [0.1, 0.15) is 56.9 Å². The van der Waals surface area contributed by atoms with E-state index in [2.05, 4.69) is 39.8 Å². The number of nitrogens with zero attached hydrogens (tertiary/aromatic N) is 1. The fraction of sp³-hybridized carbons (Fsp3) is 0.619. The van der Waals surface area contributed by atoms with Gasteiger partial charge in [0.05, 0.1) is 0 Å². The van der Waals surface area contributed by atoms with Crippen molar-refractivity contribution in [3.63, 3.8) is 0 Å². The van der Waals surface area contributed by atoms with Crippen LogP contribution in [0.3, 0.4) is 0 Å². The summed E-state index contributed by atoms with van der Waals surface area (Å²) >= 11 is 0. The van der Waals surface area contributed by atoms with Crippen molar-refractivity contribution in [2.24, 2.45) is 0 Å². The van der Waals surface area contributed by atoms with Gasteiger partial charge >= 0.3 is 11.8 Å². The van der Waals surface area contributed by atoms with E-state index in [9.17, 15) is 9.59 Å². The number of carbonyl (C=O) groups excluding carboxylic acids is 2. The van der Waals surface area contributed by atoms with Crippen LogP contribution >= 0.6 is 0 Å². The number of carbonyl (C=O) groups is 2. The van der Waals surface area contributed by atoms with Gasteiger partial charge in [0.25, 0.3) is 0 Å². The Bertz CT molecular complexity index is 588. The molecule has 1 saturated heterocycles. The first kappa shape index (κ1) is 18.7. The highest BCUT2D eigenvalue weighted by molar-refractivity contribution is 6.35. The van der Waals surface area contributed by atoms with E-state index in [1.807, 2.05) is 0 Å². The Labute approximate surface area is 156 Å². The van der Waals surface area contributed by atoms with E-state index in [1.54, 1.807) is 0 Å². The molecule has 0 spiro atoms. The number of rotatable bonds is 6. The lowest BCUT2D eigenvalue weighted by molar-refractivity contribution is -0.139. The summed E-state index contributed by atoms with van der Waals surface area (Å²) in [4.78, 5) is 26.2. The molecule has 1 heterocycles. The summed E-state index contributed by atoms with van der Waals surface area (Å²) in [5, 5.41) is 5.59. The summed E-state index contributed by atoms with van der Waals surface area (Å²) < 4.78 is 0. The van der Waals surface area contributed by atoms with Crippen molar-refractivity contribution in [3.05, 3.63) is 29.8 Å². The molecule has 0 bridgehead atoms. The summed E-state index contributed by atoms with van der Waals surface area (Å²) in [7, 11) is 0. The van der Waals surface area contributed by atoms with Crippen LogP contribution in [-0.2, 0) is 16.0 Å². The molecule has 0 aromatic heterocycles. The van der Waals surface area contributed by atoms with Gasteiger partial charge in [-0.25, -0.2) is 0 Å². The maximum absolute atomic E-state index is 11.9. The molecular formula is C21H31N3O2. The number of hydrogen-bond donors (Lipinski definition) is 2. The van der Waals surface area contributed by atoms with E-state index >= 15 is 0 Å². The molecule has 3 rings (SSSR count). The minimum absolute atomic E-state index is 0.177. The quantitative estimate of drug-likeness (QED) is 0.608. The molecule has 2 amide bonds. The molecule has 0 radical (unpaired) electrons. The Morgan fingerprint density at radius 1 is 0.923 bits per heavy atom. The SMILES string of the molecule is O=C(NCCCc1ccc(N2CCCC2)cc1)C(=O)NC1CCCCC1. The second-order valence-electron chi connectivity index (χ2n) is 7.53. The van der Waals surface area contributed by atoms with Crippen molar-refractivity contribution in [3.8, 4) is 0 Å². The van der Waals surface area contributed by atoms with Crippen LogP contribution in [0.25, 0.3) is 0 Å². The van der Waals surface area contributed by atoms with Crippen LogP contribution in [0.15, 0.2) is 24.3 Å². The fourth-order valence-electron chi connectivity index (χ4n) is 3.92. The third-order valence-electron chi connectivity index (χ3n) is 5.48. The summed E-state index contributed by atoms with van der Waals surface area (Å²) in [5.74, 6) is -0.980. The highest BCUT2D eigenvalue weighted by atomic mass is 16.2. The van der Waals surface area contributed by atoms with Crippen LogP contribution in [0, 0.1) is 0 Å². The number of benzene rings is 1.